The number of halogens is 3. The van der Waals surface area contributed by atoms with E-state index in [1.54, 1.807) is 13.1 Å². The topological polar surface area (TPSA) is 79.6 Å². The van der Waals surface area contributed by atoms with Crippen molar-refractivity contribution in [2.24, 2.45) is 11.8 Å². The van der Waals surface area contributed by atoms with E-state index in [1.807, 2.05) is 13.0 Å². The Kier molecular flexibility index (Phi) is 7.00. The molecule has 1 aromatic rings. The Bertz CT molecular complexity index is 743. The first-order valence-electron chi connectivity index (χ1n) is 10.5. The van der Waals surface area contributed by atoms with E-state index in [0.717, 1.165) is 11.4 Å². The van der Waals surface area contributed by atoms with Crippen molar-refractivity contribution in [3.8, 4) is 0 Å². The maximum absolute atomic E-state index is 13.1. The zero-order valence-electron chi connectivity index (χ0n) is 17.5. The van der Waals surface area contributed by atoms with Crippen LogP contribution in [0.5, 0.6) is 0 Å². The number of carbonyl (C=O) groups excluding carboxylic acids is 1. The fourth-order valence-corrected chi connectivity index (χ4v) is 4.42. The highest BCUT2D eigenvalue weighted by Gasteiger charge is 2.42. The second kappa shape index (κ2) is 9.32. The summed E-state index contributed by atoms with van der Waals surface area (Å²) < 4.78 is 44.2. The van der Waals surface area contributed by atoms with Crippen molar-refractivity contribution >= 4 is 23.0 Å². The average molecular weight is 428 g/mol. The number of nitrogens with two attached hydrogens (primary N) is 1. The van der Waals surface area contributed by atoms with E-state index in [-0.39, 0.29) is 30.7 Å². The molecule has 1 aromatic carbocycles. The Balaban J connectivity index is 1.72. The van der Waals surface area contributed by atoms with Crippen LogP contribution in [0.2, 0.25) is 0 Å². The van der Waals surface area contributed by atoms with Crippen molar-refractivity contribution in [3.63, 3.8) is 0 Å². The summed E-state index contributed by atoms with van der Waals surface area (Å²) in [6.07, 6.45) is -2.96. The first-order chi connectivity index (χ1) is 14.2. The molecule has 1 aliphatic heterocycles. The van der Waals surface area contributed by atoms with Gasteiger partial charge in [-0.2, -0.15) is 13.2 Å². The number of morpholine rings is 1. The highest BCUT2D eigenvalue weighted by Crippen LogP contribution is 2.40. The monoisotopic (exact) mass is 428 g/mol. The largest absolute Gasteiger partial charge is 0.397 e. The minimum Gasteiger partial charge on any atom is -0.397 e. The number of benzene rings is 1. The Hall–Kier alpha value is -2.16. The first-order valence-corrected chi connectivity index (χ1v) is 10.5. The van der Waals surface area contributed by atoms with Crippen molar-refractivity contribution in [3.05, 3.63) is 17.7 Å². The molecule has 0 unspecified atom stereocenters. The van der Waals surface area contributed by atoms with Gasteiger partial charge in [0.1, 0.15) is 0 Å². The van der Waals surface area contributed by atoms with Gasteiger partial charge in [-0.05, 0) is 50.7 Å². The molecule has 0 radical (unpaired) electrons. The van der Waals surface area contributed by atoms with Crippen LogP contribution >= 0.6 is 0 Å². The fraction of sp³-hybridized carbons (Fsp3) is 0.667. The van der Waals surface area contributed by atoms with Crippen molar-refractivity contribution in [2.45, 2.75) is 44.8 Å². The molecule has 1 atom stereocenters. The number of hydrogen-bond donors (Lipinski definition) is 3. The van der Waals surface area contributed by atoms with Gasteiger partial charge < -0.3 is 26.0 Å². The highest BCUT2D eigenvalue weighted by molar-refractivity contribution is 6.02. The molecule has 0 aromatic heterocycles. The molecule has 3 rings (SSSR count). The van der Waals surface area contributed by atoms with Crippen LogP contribution < -0.4 is 21.3 Å². The van der Waals surface area contributed by atoms with Gasteiger partial charge >= 0.3 is 6.18 Å². The molecule has 1 aliphatic carbocycles. The predicted octanol–water partition coefficient (Wildman–Crippen LogP) is 3.63. The van der Waals surface area contributed by atoms with Gasteiger partial charge in [0.05, 0.1) is 41.8 Å². The number of hydrogen-bond acceptors (Lipinski definition) is 5. The lowest BCUT2D eigenvalue weighted by atomic mass is 9.78. The van der Waals surface area contributed by atoms with Gasteiger partial charge in [0.15, 0.2) is 0 Å². The lowest BCUT2D eigenvalue weighted by Gasteiger charge is -2.34. The Morgan fingerprint density at radius 2 is 1.83 bits per heavy atom. The van der Waals surface area contributed by atoms with Gasteiger partial charge in [-0.1, -0.05) is 0 Å². The molecule has 1 saturated heterocycles. The molecule has 9 heteroatoms. The SMILES string of the molecule is CNc1cc(N2CCOCC2)c(C(=O)N[C@H](C)C2CCC(C(F)(F)F)CC2)cc1N. The standard InChI is InChI=1S/C21H31F3N4O2/c1-13(14-3-5-15(6-4-14)21(22,23)24)27-20(29)16-11-17(25)18(26-2)12-19(16)28-7-9-30-10-8-28/h11-15,26H,3-10,25H2,1-2H3,(H,27,29)/t13-,14?,15?/m1/s1. The van der Waals surface area contributed by atoms with Gasteiger partial charge in [0, 0.05) is 26.2 Å². The maximum atomic E-state index is 13.1. The predicted molar refractivity (Wildman–Crippen MR) is 112 cm³/mol. The molecule has 1 amide bonds. The molecular weight excluding hydrogens is 397 g/mol. The van der Waals surface area contributed by atoms with E-state index >= 15 is 0 Å². The van der Waals surface area contributed by atoms with Crippen LogP contribution in [0.3, 0.4) is 0 Å². The highest BCUT2D eigenvalue weighted by atomic mass is 19.4. The van der Waals surface area contributed by atoms with Crippen LogP contribution in [0.1, 0.15) is 43.0 Å². The lowest BCUT2D eigenvalue weighted by molar-refractivity contribution is -0.184. The number of anilines is 3. The van der Waals surface area contributed by atoms with Crippen LogP contribution in [-0.4, -0.2) is 51.5 Å². The summed E-state index contributed by atoms with van der Waals surface area (Å²) in [6, 6.07) is 3.32. The maximum Gasteiger partial charge on any atom is 0.391 e. The van der Waals surface area contributed by atoms with E-state index in [2.05, 4.69) is 15.5 Å². The molecule has 1 heterocycles. The van der Waals surface area contributed by atoms with E-state index < -0.39 is 12.1 Å². The van der Waals surface area contributed by atoms with Crippen LogP contribution in [0, 0.1) is 11.8 Å². The summed E-state index contributed by atoms with van der Waals surface area (Å²) in [4.78, 5) is 15.2. The molecule has 2 aliphatic rings. The van der Waals surface area contributed by atoms with Crippen molar-refractivity contribution in [1.29, 1.82) is 0 Å². The van der Waals surface area contributed by atoms with Gasteiger partial charge in [-0.25, -0.2) is 0 Å². The molecule has 0 bridgehead atoms. The van der Waals surface area contributed by atoms with E-state index in [0.29, 0.717) is 50.4 Å². The third-order valence-electron chi connectivity index (χ3n) is 6.33. The summed E-state index contributed by atoms with van der Waals surface area (Å²) in [6.45, 7) is 4.38. The van der Waals surface area contributed by atoms with Crippen LogP contribution in [0.4, 0.5) is 30.2 Å². The number of nitrogen functional groups attached to an aromatic ring is 1. The number of carbonyl (C=O) groups is 1. The zero-order chi connectivity index (χ0) is 21.9. The number of amides is 1. The summed E-state index contributed by atoms with van der Waals surface area (Å²) in [5.74, 6) is -1.44. The summed E-state index contributed by atoms with van der Waals surface area (Å²) in [5.41, 5.74) is 8.57. The minimum absolute atomic E-state index is 0.0355. The van der Waals surface area contributed by atoms with Gasteiger partial charge in [0.2, 0.25) is 0 Å². The average Bonchev–Trinajstić information content (AvgIpc) is 2.73. The summed E-state index contributed by atoms with van der Waals surface area (Å²) in [7, 11) is 1.77. The normalized spacial score (nSPS) is 23.7. The number of ether oxygens (including phenoxy) is 1. The molecule has 168 valence electrons. The molecule has 2 fully saturated rings. The minimum atomic E-state index is -4.13. The molecule has 1 saturated carbocycles. The molecule has 6 nitrogen and oxygen atoms in total. The van der Waals surface area contributed by atoms with E-state index in [1.165, 1.54) is 0 Å². The zero-order valence-corrected chi connectivity index (χ0v) is 17.5. The van der Waals surface area contributed by atoms with Gasteiger partial charge in [0.25, 0.3) is 5.91 Å². The van der Waals surface area contributed by atoms with E-state index in [4.69, 9.17) is 10.5 Å². The smallest absolute Gasteiger partial charge is 0.391 e. The Morgan fingerprint density at radius 1 is 1.20 bits per heavy atom. The quantitative estimate of drug-likeness (QED) is 0.624. The van der Waals surface area contributed by atoms with Crippen molar-refractivity contribution in [1.82, 2.24) is 5.32 Å². The molecule has 0 spiro atoms. The first kappa shape index (κ1) is 22.5. The number of nitrogens with zero attached hydrogens (tertiary/aromatic N) is 1. The Labute approximate surface area is 175 Å². The van der Waals surface area contributed by atoms with Gasteiger partial charge in [-0.3, -0.25) is 4.79 Å². The van der Waals surface area contributed by atoms with Crippen LogP contribution in [-0.2, 0) is 4.74 Å². The molecule has 4 N–H and O–H groups in total. The second-order valence-electron chi connectivity index (χ2n) is 8.22. The van der Waals surface area contributed by atoms with E-state index in [9.17, 15) is 18.0 Å². The summed E-state index contributed by atoms with van der Waals surface area (Å²) >= 11 is 0. The molecule has 30 heavy (non-hydrogen) atoms. The number of nitrogens with one attached hydrogen (secondary N) is 2. The van der Waals surface area contributed by atoms with Crippen molar-refractivity contribution in [2.75, 3.05) is 49.3 Å². The number of alkyl halides is 3. The number of rotatable bonds is 5. The van der Waals surface area contributed by atoms with Crippen molar-refractivity contribution < 1.29 is 22.7 Å². The second-order valence-corrected chi connectivity index (χ2v) is 8.22. The summed E-state index contributed by atoms with van der Waals surface area (Å²) in [5, 5.41) is 6.05. The molecular formula is C21H31F3N4O2. The van der Waals surface area contributed by atoms with Crippen LogP contribution in [0.25, 0.3) is 0 Å². The van der Waals surface area contributed by atoms with Gasteiger partial charge in [-0.15, -0.1) is 0 Å². The van der Waals surface area contributed by atoms with Crippen LogP contribution in [0.15, 0.2) is 12.1 Å². The third-order valence-corrected chi connectivity index (χ3v) is 6.33. The lowest BCUT2D eigenvalue weighted by Crippen LogP contribution is -2.42. The Morgan fingerprint density at radius 3 is 2.40 bits per heavy atom. The fourth-order valence-electron chi connectivity index (χ4n) is 4.42. The third kappa shape index (κ3) is 5.11.